The van der Waals surface area contributed by atoms with Gasteiger partial charge in [-0.05, 0) is 17.7 Å². The van der Waals surface area contributed by atoms with Crippen molar-refractivity contribution in [2.75, 3.05) is 0 Å². The zero-order valence-electron chi connectivity index (χ0n) is 9.24. The normalized spacial score (nSPS) is 11.6. The number of hydrogen-bond acceptors (Lipinski definition) is 5. The van der Waals surface area contributed by atoms with Crippen molar-refractivity contribution in [1.29, 1.82) is 0 Å². The van der Waals surface area contributed by atoms with Crippen molar-refractivity contribution in [3.63, 3.8) is 0 Å². The van der Waals surface area contributed by atoms with E-state index in [1.54, 1.807) is 12.1 Å². The van der Waals surface area contributed by atoms with Crippen LogP contribution in [0.3, 0.4) is 0 Å². The van der Waals surface area contributed by atoms with Crippen molar-refractivity contribution >= 4 is 23.1 Å². The molecular weight excluding hydrogens is 303 g/mol. The summed E-state index contributed by atoms with van der Waals surface area (Å²) in [5, 5.41) is 0.171. The van der Waals surface area contributed by atoms with E-state index in [2.05, 4.69) is 9.36 Å². The van der Waals surface area contributed by atoms with Gasteiger partial charge in [-0.1, -0.05) is 17.7 Å². The van der Waals surface area contributed by atoms with E-state index in [1.807, 2.05) is 0 Å². The minimum atomic E-state index is -4.58. The molecule has 2 rings (SSSR count). The van der Waals surface area contributed by atoms with Crippen LogP contribution in [0.5, 0.6) is 10.9 Å². The van der Waals surface area contributed by atoms with Gasteiger partial charge >= 0.3 is 6.18 Å². The molecule has 0 amide bonds. The predicted molar refractivity (Wildman–Crippen MR) is 64.3 cm³/mol. The maximum atomic E-state index is 12.3. The molecular formula is C10H7ClF3N3OS. The summed E-state index contributed by atoms with van der Waals surface area (Å²) in [5.41, 5.74) is 6.14. The molecule has 0 aliphatic heterocycles. The maximum Gasteiger partial charge on any atom is 0.452 e. The third kappa shape index (κ3) is 3.34. The summed E-state index contributed by atoms with van der Waals surface area (Å²) >= 11 is 6.42. The Bertz CT molecular complexity index is 588. The second kappa shape index (κ2) is 5.32. The van der Waals surface area contributed by atoms with Crippen LogP contribution in [0, 0.1) is 0 Å². The Morgan fingerprint density at radius 2 is 2.11 bits per heavy atom. The molecule has 0 aliphatic rings. The van der Waals surface area contributed by atoms with Crippen LogP contribution in [0.25, 0.3) is 0 Å². The third-order valence-corrected chi connectivity index (χ3v) is 3.06. The van der Waals surface area contributed by atoms with E-state index in [1.165, 1.54) is 6.07 Å². The summed E-state index contributed by atoms with van der Waals surface area (Å²) in [6.45, 7) is 0.260. The number of nitrogens with zero attached hydrogens (tertiary/aromatic N) is 2. The number of hydrogen-bond donors (Lipinski definition) is 1. The van der Waals surface area contributed by atoms with Gasteiger partial charge in [0.2, 0.25) is 0 Å². The number of alkyl halides is 3. The molecule has 0 saturated heterocycles. The van der Waals surface area contributed by atoms with Crippen molar-refractivity contribution in [1.82, 2.24) is 9.36 Å². The first-order valence-corrected chi connectivity index (χ1v) is 6.12. The van der Waals surface area contributed by atoms with Crippen LogP contribution in [-0.4, -0.2) is 9.36 Å². The van der Waals surface area contributed by atoms with Gasteiger partial charge in [0.05, 0.1) is 0 Å². The van der Waals surface area contributed by atoms with Crippen LogP contribution in [0.2, 0.25) is 5.02 Å². The van der Waals surface area contributed by atoms with E-state index in [0.29, 0.717) is 22.1 Å². The molecule has 4 nitrogen and oxygen atoms in total. The van der Waals surface area contributed by atoms with Crippen LogP contribution in [0.15, 0.2) is 18.2 Å². The van der Waals surface area contributed by atoms with Crippen molar-refractivity contribution < 1.29 is 17.9 Å². The summed E-state index contributed by atoms with van der Waals surface area (Å²) < 4.78 is 45.2. The summed E-state index contributed by atoms with van der Waals surface area (Å²) in [6, 6.07) is 4.63. The van der Waals surface area contributed by atoms with Gasteiger partial charge in [-0.2, -0.15) is 22.5 Å². The van der Waals surface area contributed by atoms with Gasteiger partial charge < -0.3 is 10.5 Å². The van der Waals surface area contributed by atoms with Crippen LogP contribution in [0.1, 0.15) is 11.4 Å². The van der Waals surface area contributed by atoms with Crippen LogP contribution >= 0.6 is 23.1 Å². The standard InChI is InChI=1S/C10H7ClF3N3OS/c11-7-3-6(2-1-5(7)4-15)18-9-16-8(17-19-9)10(12,13)14/h1-3H,4,15H2. The van der Waals surface area contributed by atoms with E-state index < -0.39 is 12.0 Å². The summed E-state index contributed by atoms with van der Waals surface area (Å²) in [5.74, 6) is -0.954. The zero-order chi connectivity index (χ0) is 14.0. The Kier molecular flexibility index (Phi) is 3.93. The van der Waals surface area contributed by atoms with Gasteiger partial charge in [0.15, 0.2) is 0 Å². The molecule has 0 unspecified atom stereocenters. The molecule has 0 atom stereocenters. The lowest BCUT2D eigenvalue weighted by atomic mass is 10.2. The molecule has 0 spiro atoms. The molecule has 9 heteroatoms. The van der Waals surface area contributed by atoms with Gasteiger partial charge in [0.1, 0.15) is 5.75 Å². The molecule has 19 heavy (non-hydrogen) atoms. The fourth-order valence-corrected chi connectivity index (χ4v) is 2.04. The molecule has 0 aliphatic carbocycles. The topological polar surface area (TPSA) is 61.0 Å². The first-order chi connectivity index (χ1) is 8.90. The van der Waals surface area contributed by atoms with E-state index in [-0.39, 0.29) is 17.5 Å². The fourth-order valence-electron chi connectivity index (χ4n) is 1.22. The molecule has 102 valence electrons. The Morgan fingerprint density at radius 3 is 2.63 bits per heavy atom. The van der Waals surface area contributed by atoms with Gasteiger partial charge in [0, 0.05) is 23.1 Å². The average Bonchev–Trinajstić information content (AvgIpc) is 2.77. The lowest BCUT2D eigenvalue weighted by molar-refractivity contribution is -0.144. The number of benzene rings is 1. The van der Waals surface area contributed by atoms with Gasteiger partial charge in [-0.25, -0.2) is 0 Å². The number of aromatic nitrogens is 2. The molecule has 0 radical (unpaired) electrons. The highest BCUT2D eigenvalue weighted by Crippen LogP contribution is 2.32. The van der Waals surface area contributed by atoms with Crippen LogP contribution in [0.4, 0.5) is 13.2 Å². The van der Waals surface area contributed by atoms with Gasteiger partial charge in [-0.15, -0.1) is 0 Å². The van der Waals surface area contributed by atoms with Crippen molar-refractivity contribution in [3.8, 4) is 10.9 Å². The SMILES string of the molecule is NCc1ccc(Oc2nc(C(F)(F)F)ns2)cc1Cl. The van der Waals surface area contributed by atoms with E-state index in [4.69, 9.17) is 22.1 Å². The lowest BCUT2D eigenvalue weighted by Crippen LogP contribution is -2.06. The van der Waals surface area contributed by atoms with Crippen molar-refractivity contribution in [2.24, 2.45) is 5.73 Å². The quantitative estimate of drug-likeness (QED) is 0.943. The van der Waals surface area contributed by atoms with E-state index >= 15 is 0 Å². The van der Waals surface area contributed by atoms with E-state index in [0.717, 1.165) is 0 Å². The lowest BCUT2D eigenvalue weighted by Gasteiger charge is -2.04. The van der Waals surface area contributed by atoms with Crippen LogP contribution < -0.4 is 10.5 Å². The second-order valence-electron chi connectivity index (χ2n) is 3.44. The molecule has 0 saturated carbocycles. The first kappa shape index (κ1) is 14.0. The third-order valence-electron chi connectivity index (χ3n) is 2.11. The number of halogens is 4. The summed E-state index contributed by atoms with van der Waals surface area (Å²) in [4.78, 5) is 3.24. The highest BCUT2D eigenvalue weighted by Gasteiger charge is 2.36. The minimum Gasteiger partial charge on any atom is -0.430 e. The van der Waals surface area contributed by atoms with Gasteiger partial charge in [0.25, 0.3) is 11.0 Å². The monoisotopic (exact) mass is 309 g/mol. The number of nitrogens with two attached hydrogens (primary N) is 1. The Morgan fingerprint density at radius 1 is 1.37 bits per heavy atom. The van der Waals surface area contributed by atoms with E-state index in [9.17, 15) is 13.2 Å². The Hall–Kier alpha value is -1.38. The smallest absolute Gasteiger partial charge is 0.430 e. The summed E-state index contributed by atoms with van der Waals surface area (Å²) in [7, 11) is 0. The van der Waals surface area contributed by atoms with Crippen molar-refractivity contribution in [2.45, 2.75) is 12.7 Å². The van der Waals surface area contributed by atoms with Gasteiger partial charge in [-0.3, -0.25) is 0 Å². The average molecular weight is 310 g/mol. The second-order valence-corrected chi connectivity index (χ2v) is 4.56. The highest BCUT2D eigenvalue weighted by molar-refractivity contribution is 7.07. The number of ether oxygens (including phenoxy) is 1. The Labute approximate surface area is 115 Å². The predicted octanol–water partition coefficient (Wildman–Crippen LogP) is 3.46. The highest BCUT2D eigenvalue weighted by atomic mass is 35.5. The molecule has 1 aromatic heterocycles. The molecule has 2 aromatic rings. The Balaban J connectivity index is 2.17. The molecule has 0 bridgehead atoms. The summed E-state index contributed by atoms with van der Waals surface area (Å²) in [6.07, 6.45) is -4.58. The molecule has 1 aromatic carbocycles. The number of rotatable bonds is 3. The zero-order valence-corrected chi connectivity index (χ0v) is 10.8. The van der Waals surface area contributed by atoms with Crippen molar-refractivity contribution in [3.05, 3.63) is 34.6 Å². The molecule has 0 fully saturated rings. The molecule has 1 heterocycles. The fraction of sp³-hybridized carbons (Fsp3) is 0.200. The maximum absolute atomic E-state index is 12.3. The minimum absolute atomic E-state index is 0.205. The largest absolute Gasteiger partial charge is 0.452 e. The first-order valence-electron chi connectivity index (χ1n) is 4.97. The van der Waals surface area contributed by atoms with Crippen LogP contribution in [-0.2, 0) is 12.7 Å². The molecule has 2 N–H and O–H groups in total.